The van der Waals surface area contributed by atoms with Crippen LogP contribution >= 0.6 is 11.3 Å². The summed E-state index contributed by atoms with van der Waals surface area (Å²) in [5.41, 5.74) is 1.98. The largest absolute Gasteiger partial charge is 0.497 e. The summed E-state index contributed by atoms with van der Waals surface area (Å²) in [6.45, 7) is 2.36. The first-order valence-corrected chi connectivity index (χ1v) is 9.14. The number of thiazole rings is 1. The highest BCUT2D eigenvalue weighted by Gasteiger charge is 2.11. The van der Waals surface area contributed by atoms with Crippen molar-refractivity contribution < 1.29 is 19.0 Å². The van der Waals surface area contributed by atoms with E-state index in [4.69, 9.17) is 14.2 Å². The molecule has 0 atom stereocenters. The van der Waals surface area contributed by atoms with Crippen LogP contribution < -0.4 is 19.5 Å². The van der Waals surface area contributed by atoms with Gasteiger partial charge >= 0.3 is 0 Å². The number of carbonyl (C=O) groups excluding carboxylic acids is 1. The van der Waals surface area contributed by atoms with Crippen molar-refractivity contribution in [3.05, 3.63) is 64.1 Å². The second-order valence-electron chi connectivity index (χ2n) is 5.69. The van der Waals surface area contributed by atoms with Crippen LogP contribution in [0.2, 0.25) is 0 Å². The third-order valence-electron chi connectivity index (χ3n) is 3.83. The Morgan fingerprint density at radius 1 is 1.07 bits per heavy atom. The molecule has 0 bridgehead atoms. The summed E-state index contributed by atoms with van der Waals surface area (Å²) in [4.78, 5) is 16.8. The van der Waals surface area contributed by atoms with Crippen LogP contribution in [-0.4, -0.2) is 25.1 Å². The molecule has 0 aliphatic rings. The molecule has 7 heteroatoms. The Kier molecular flexibility index (Phi) is 5.93. The molecule has 0 aliphatic heterocycles. The Morgan fingerprint density at radius 3 is 2.44 bits per heavy atom. The summed E-state index contributed by atoms with van der Waals surface area (Å²) >= 11 is 1.59. The molecule has 0 spiro atoms. The Balaban J connectivity index is 1.63. The fourth-order valence-corrected chi connectivity index (χ4v) is 3.03. The van der Waals surface area contributed by atoms with Crippen LogP contribution in [0.4, 0.5) is 5.69 Å². The van der Waals surface area contributed by atoms with Crippen molar-refractivity contribution in [3.63, 3.8) is 0 Å². The van der Waals surface area contributed by atoms with Gasteiger partial charge in [-0.2, -0.15) is 0 Å². The fraction of sp³-hybridized carbons (Fsp3) is 0.200. The van der Waals surface area contributed by atoms with Crippen molar-refractivity contribution in [1.29, 1.82) is 0 Å². The van der Waals surface area contributed by atoms with E-state index in [1.165, 1.54) is 0 Å². The fourth-order valence-electron chi connectivity index (χ4n) is 2.43. The lowest BCUT2D eigenvalue weighted by molar-refractivity contribution is 0.102. The lowest BCUT2D eigenvalue weighted by atomic mass is 10.2. The minimum absolute atomic E-state index is 0.236. The smallest absolute Gasteiger partial charge is 0.255 e. The van der Waals surface area contributed by atoms with Crippen molar-refractivity contribution >= 4 is 22.9 Å². The number of hydrogen-bond acceptors (Lipinski definition) is 6. The third-order valence-corrected chi connectivity index (χ3v) is 4.65. The van der Waals surface area contributed by atoms with E-state index in [1.54, 1.807) is 68.0 Å². The zero-order chi connectivity index (χ0) is 19.2. The number of benzene rings is 2. The Morgan fingerprint density at radius 2 is 1.81 bits per heavy atom. The van der Waals surface area contributed by atoms with Crippen molar-refractivity contribution in [2.45, 2.75) is 13.5 Å². The Labute approximate surface area is 161 Å². The second kappa shape index (κ2) is 8.55. The predicted molar refractivity (Wildman–Crippen MR) is 105 cm³/mol. The Bertz CT molecular complexity index is 922. The molecular formula is C20H20N2O4S. The van der Waals surface area contributed by atoms with E-state index in [0.29, 0.717) is 35.1 Å². The number of nitrogens with zero attached hydrogens (tertiary/aromatic N) is 1. The van der Waals surface area contributed by atoms with Crippen LogP contribution in [0.1, 0.15) is 21.1 Å². The summed E-state index contributed by atoms with van der Waals surface area (Å²) in [5.74, 6) is 1.63. The van der Waals surface area contributed by atoms with Crippen LogP contribution in [-0.2, 0) is 6.61 Å². The molecule has 0 fully saturated rings. The first-order chi connectivity index (χ1) is 13.1. The number of anilines is 1. The van der Waals surface area contributed by atoms with Gasteiger partial charge in [0.25, 0.3) is 5.91 Å². The molecule has 27 heavy (non-hydrogen) atoms. The number of aryl methyl sites for hydroxylation is 1. The van der Waals surface area contributed by atoms with Gasteiger partial charge < -0.3 is 19.5 Å². The van der Waals surface area contributed by atoms with Gasteiger partial charge in [-0.15, -0.1) is 11.3 Å². The quantitative estimate of drug-likeness (QED) is 0.658. The monoisotopic (exact) mass is 384 g/mol. The van der Waals surface area contributed by atoms with Gasteiger partial charge in [-0.3, -0.25) is 4.79 Å². The first-order valence-electron chi connectivity index (χ1n) is 8.26. The molecule has 0 saturated carbocycles. The van der Waals surface area contributed by atoms with Crippen molar-refractivity contribution in [3.8, 4) is 17.2 Å². The molecule has 1 aromatic heterocycles. The maximum Gasteiger partial charge on any atom is 0.255 e. The van der Waals surface area contributed by atoms with E-state index in [9.17, 15) is 4.79 Å². The van der Waals surface area contributed by atoms with Crippen LogP contribution in [0.25, 0.3) is 0 Å². The van der Waals surface area contributed by atoms with Crippen molar-refractivity contribution in [2.24, 2.45) is 0 Å². The summed E-state index contributed by atoms with van der Waals surface area (Å²) in [7, 11) is 3.12. The molecule has 6 nitrogen and oxygen atoms in total. The number of carbonyl (C=O) groups is 1. The highest BCUT2D eigenvalue weighted by Crippen LogP contribution is 2.29. The zero-order valence-corrected chi connectivity index (χ0v) is 16.1. The van der Waals surface area contributed by atoms with E-state index >= 15 is 0 Å². The highest BCUT2D eigenvalue weighted by atomic mass is 32.1. The summed E-state index contributed by atoms with van der Waals surface area (Å²) in [6.07, 6.45) is 0. The minimum Gasteiger partial charge on any atom is -0.497 e. The van der Waals surface area contributed by atoms with Gasteiger partial charge in [0.15, 0.2) is 0 Å². The van der Waals surface area contributed by atoms with Gasteiger partial charge in [-0.05, 0) is 43.3 Å². The molecule has 0 unspecified atom stereocenters. The topological polar surface area (TPSA) is 69.7 Å². The number of nitrogens with one attached hydrogen (secondary N) is 1. The molecule has 1 N–H and O–H groups in total. The van der Waals surface area contributed by atoms with Crippen molar-refractivity contribution in [1.82, 2.24) is 4.98 Å². The summed E-state index contributed by atoms with van der Waals surface area (Å²) < 4.78 is 16.2. The van der Waals surface area contributed by atoms with Crippen LogP contribution in [0, 0.1) is 6.92 Å². The third kappa shape index (κ3) is 4.77. The van der Waals surface area contributed by atoms with Gasteiger partial charge in [-0.25, -0.2) is 4.98 Å². The average Bonchev–Trinajstić information content (AvgIpc) is 3.12. The molecule has 0 radical (unpaired) electrons. The van der Waals surface area contributed by atoms with Gasteiger partial charge in [0.2, 0.25) is 0 Å². The molecule has 1 heterocycles. The average molecular weight is 384 g/mol. The summed E-state index contributed by atoms with van der Waals surface area (Å²) in [5, 5.41) is 5.82. The highest BCUT2D eigenvalue weighted by molar-refractivity contribution is 7.09. The van der Waals surface area contributed by atoms with Gasteiger partial charge in [-0.1, -0.05) is 0 Å². The molecule has 0 aliphatic carbocycles. The minimum atomic E-state index is -0.236. The van der Waals surface area contributed by atoms with Crippen LogP contribution in [0.5, 0.6) is 17.2 Å². The molecule has 140 valence electrons. The van der Waals surface area contributed by atoms with Gasteiger partial charge in [0, 0.05) is 17.0 Å². The lowest BCUT2D eigenvalue weighted by Gasteiger charge is -2.12. The number of amides is 1. The van der Waals surface area contributed by atoms with E-state index in [1.807, 2.05) is 12.3 Å². The van der Waals surface area contributed by atoms with Crippen LogP contribution in [0.15, 0.2) is 47.8 Å². The SMILES string of the molecule is COc1ccc(NC(=O)c2ccc(OCc3csc(C)n3)cc2)c(OC)c1. The number of hydrogen-bond donors (Lipinski definition) is 1. The van der Waals surface area contributed by atoms with Crippen LogP contribution in [0.3, 0.4) is 0 Å². The molecule has 3 rings (SSSR count). The zero-order valence-electron chi connectivity index (χ0n) is 15.3. The molecule has 1 amide bonds. The molecule has 0 saturated heterocycles. The van der Waals surface area contributed by atoms with Gasteiger partial charge in [0.1, 0.15) is 23.9 Å². The van der Waals surface area contributed by atoms with Crippen molar-refractivity contribution in [2.75, 3.05) is 19.5 Å². The van der Waals surface area contributed by atoms with E-state index in [0.717, 1.165) is 10.7 Å². The number of methoxy groups -OCH3 is 2. The van der Waals surface area contributed by atoms with E-state index in [-0.39, 0.29) is 5.91 Å². The number of rotatable bonds is 7. The standard InChI is InChI=1S/C20H20N2O4S/c1-13-21-15(12-27-13)11-26-16-6-4-14(5-7-16)20(23)22-18-9-8-17(24-2)10-19(18)25-3/h4-10,12H,11H2,1-3H3,(H,22,23). The molecule has 3 aromatic rings. The molecule has 2 aromatic carbocycles. The summed E-state index contributed by atoms with van der Waals surface area (Å²) in [6, 6.07) is 12.2. The predicted octanol–water partition coefficient (Wildman–Crippen LogP) is 4.30. The van der Waals surface area contributed by atoms with E-state index in [2.05, 4.69) is 10.3 Å². The molecular weight excluding hydrogens is 364 g/mol. The normalized spacial score (nSPS) is 10.3. The van der Waals surface area contributed by atoms with Gasteiger partial charge in [0.05, 0.1) is 30.6 Å². The lowest BCUT2D eigenvalue weighted by Crippen LogP contribution is -2.12. The first kappa shape index (κ1) is 18.7. The maximum absolute atomic E-state index is 12.5. The Hall–Kier alpha value is -3.06. The van der Waals surface area contributed by atoms with E-state index < -0.39 is 0 Å². The number of aromatic nitrogens is 1. The number of ether oxygens (including phenoxy) is 3. The second-order valence-corrected chi connectivity index (χ2v) is 6.75. The maximum atomic E-state index is 12.5.